The largest absolute Gasteiger partial charge is 0.340 e. The highest BCUT2D eigenvalue weighted by Crippen LogP contribution is 2.24. The van der Waals surface area contributed by atoms with E-state index in [0.717, 1.165) is 12.4 Å². The van der Waals surface area contributed by atoms with E-state index in [4.69, 9.17) is 4.52 Å². The monoisotopic (exact) mass is 293 g/mol. The molecule has 2 aromatic carbocycles. The minimum Gasteiger partial charge on any atom is -0.340 e. The SMILES string of the molecule is Cc1nc(CN(C)Cc2ccccc2-c2ccccc2)no1. The van der Waals surface area contributed by atoms with E-state index in [1.165, 1.54) is 16.7 Å². The summed E-state index contributed by atoms with van der Waals surface area (Å²) in [5.41, 5.74) is 3.79. The molecule has 0 bridgehead atoms. The van der Waals surface area contributed by atoms with Gasteiger partial charge in [-0.25, -0.2) is 0 Å². The van der Waals surface area contributed by atoms with E-state index in [1.807, 2.05) is 6.07 Å². The van der Waals surface area contributed by atoms with Crippen LogP contribution in [0.2, 0.25) is 0 Å². The van der Waals surface area contributed by atoms with Crippen molar-refractivity contribution in [3.63, 3.8) is 0 Å². The third-order valence-electron chi connectivity index (χ3n) is 3.52. The van der Waals surface area contributed by atoms with E-state index in [-0.39, 0.29) is 0 Å². The Labute approximate surface area is 130 Å². The molecule has 0 radical (unpaired) electrons. The summed E-state index contributed by atoms with van der Waals surface area (Å²) < 4.78 is 5.02. The Bertz CT molecular complexity index is 737. The van der Waals surface area contributed by atoms with Crippen molar-refractivity contribution in [2.24, 2.45) is 0 Å². The predicted octanol–water partition coefficient (Wildman–Crippen LogP) is 3.68. The second-order valence-corrected chi connectivity index (χ2v) is 5.43. The van der Waals surface area contributed by atoms with Crippen LogP contribution in [0.1, 0.15) is 17.3 Å². The first kappa shape index (κ1) is 14.5. The number of aromatic nitrogens is 2. The maximum Gasteiger partial charge on any atom is 0.223 e. The van der Waals surface area contributed by atoms with Crippen LogP contribution in [0.15, 0.2) is 59.1 Å². The van der Waals surface area contributed by atoms with Gasteiger partial charge >= 0.3 is 0 Å². The van der Waals surface area contributed by atoms with Crippen molar-refractivity contribution in [2.75, 3.05) is 7.05 Å². The number of hydrogen-bond donors (Lipinski definition) is 0. The fourth-order valence-electron chi connectivity index (χ4n) is 2.55. The van der Waals surface area contributed by atoms with Crippen LogP contribution in [-0.4, -0.2) is 22.1 Å². The summed E-state index contributed by atoms with van der Waals surface area (Å²) in [4.78, 5) is 6.44. The molecule has 4 heteroatoms. The molecule has 0 aliphatic heterocycles. The van der Waals surface area contributed by atoms with Gasteiger partial charge in [-0.15, -0.1) is 0 Å². The van der Waals surface area contributed by atoms with Gasteiger partial charge in [0.15, 0.2) is 5.82 Å². The highest BCUT2D eigenvalue weighted by atomic mass is 16.5. The number of hydrogen-bond acceptors (Lipinski definition) is 4. The van der Waals surface area contributed by atoms with E-state index < -0.39 is 0 Å². The third kappa shape index (κ3) is 3.40. The van der Waals surface area contributed by atoms with Gasteiger partial charge in [-0.2, -0.15) is 4.98 Å². The van der Waals surface area contributed by atoms with Crippen LogP contribution >= 0.6 is 0 Å². The summed E-state index contributed by atoms with van der Waals surface area (Å²) in [6.45, 7) is 3.31. The Morgan fingerprint density at radius 1 is 0.955 bits per heavy atom. The summed E-state index contributed by atoms with van der Waals surface area (Å²) in [6, 6.07) is 18.9. The molecule has 1 aromatic heterocycles. The Morgan fingerprint density at radius 2 is 1.68 bits per heavy atom. The fourth-order valence-corrected chi connectivity index (χ4v) is 2.55. The van der Waals surface area contributed by atoms with E-state index in [1.54, 1.807) is 6.92 Å². The first-order chi connectivity index (χ1) is 10.7. The van der Waals surface area contributed by atoms with Crippen molar-refractivity contribution in [3.8, 4) is 11.1 Å². The van der Waals surface area contributed by atoms with Crippen LogP contribution < -0.4 is 0 Å². The predicted molar refractivity (Wildman–Crippen MR) is 86.1 cm³/mol. The lowest BCUT2D eigenvalue weighted by Crippen LogP contribution is -2.18. The van der Waals surface area contributed by atoms with Gasteiger partial charge in [0.2, 0.25) is 5.89 Å². The van der Waals surface area contributed by atoms with E-state index in [9.17, 15) is 0 Å². The van der Waals surface area contributed by atoms with E-state index in [2.05, 4.69) is 70.6 Å². The van der Waals surface area contributed by atoms with Gasteiger partial charge in [-0.05, 0) is 23.7 Å². The van der Waals surface area contributed by atoms with E-state index >= 15 is 0 Å². The van der Waals surface area contributed by atoms with Crippen LogP contribution in [0.3, 0.4) is 0 Å². The quantitative estimate of drug-likeness (QED) is 0.719. The standard InChI is InChI=1S/C18H19N3O/c1-14-19-18(20-22-14)13-21(2)12-16-10-6-7-11-17(16)15-8-4-3-5-9-15/h3-11H,12-13H2,1-2H3. The average Bonchev–Trinajstić information content (AvgIpc) is 2.93. The van der Waals surface area contributed by atoms with Crippen LogP contribution in [0.4, 0.5) is 0 Å². The highest BCUT2D eigenvalue weighted by Gasteiger charge is 2.10. The van der Waals surface area contributed by atoms with Gasteiger partial charge in [0.05, 0.1) is 6.54 Å². The topological polar surface area (TPSA) is 42.2 Å². The van der Waals surface area contributed by atoms with Gasteiger partial charge in [0, 0.05) is 13.5 Å². The van der Waals surface area contributed by atoms with Crippen molar-refractivity contribution >= 4 is 0 Å². The Morgan fingerprint density at radius 3 is 2.41 bits per heavy atom. The molecule has 0 atom stereocenters. The van der Waals surface area contributed by atoms with Crippen molar-refractivity contribution in [1.82, 2.24) is 15.0 Å². The first-order valence-electron chi connectivity index (χ1n) is 7.33. The third-order valence-corrected chi connectivity index (χ3v) is 3.52. The molecule has 22 heavy (non-hydrogen) atoms. The molecule has 4 nitrogen and oxygen atoms in total. The number of rotatable bonds is 5. The summed E-state index contributed by atoms with van der Waals surface area (Å²) in [7, 11) is 2.06. The fraction of sp³-hybridized carbons (Fsp3) is 0.222. The minimum atomic E-state index is 0.605. The molecule has 3 rings (SSSR count). The highest BCUT2D eigenvalue weighted by molar-refractivity contribution is 5.67. The molecule has 0 fully saturated rings. The van der Waals surface area contributed by atoms with Crippen LogP contribution in [-0.2, 0) is 13.1 Å². The molecule has 3 aromatic rings. The maximum absolute atomic E-state index is 5.02. The average molecular weight is 293 g/mol. The molecule has 0 unspecified atom stereocenters. The van der Waals surface area contributed by atoms with Gasteiger partial charge in [-0.1, -0.05) is 59.8 Å². The van der Waals surface area contributed by atoms with Crippen molar-refractivity contribution in [1.29, 1.82) is 0 Å². The Balaban J connectivity index is 1.78. The molecule has 0 spiro atoms. The molecule has 112 valence electrons. The first-order valence-corrected chi connectivity index (χ1v) is 7.33. The molecule has 0 aliphatic rings. The lowest BCUT2D eigenvalue weighted by Gasteiger charge is -2.17. The summed E-state index contributed by atoms with van der Waals surface area (Å²) in [6.07, 6.45) is 0. The molecule has 0 N–H and O–H groups in total. The zero-order valence-corrected chi connectivity index (χ0v) is 12.9. The molecule has 0 saturated carbocycles. The van der Waals surface area contributed by atoms with Crippen molar-refractivity contribution in [3.05, 3.63) is 71.9 Å². The molecule has 1 heterocycles. The van der Waals surface area contributed by atoms with Gasteiger partial charge in [0.1, 0.15) is 0 Å². The smallest absolute Gasteiger partial charge is 0.223 e. The second kappa shape index (κ2) is 6.54. The van der Waals surface area contributed by atoms with Gasteiger partial charge in [-0.3, -0.25) is 4.90 Å². The molecule has 0 aliphatic carbocycles. The zero-order chi connectivity index (χ0) is 15.4. The number of nitrogens with zero attached hydrogens (tertiary/aromatic N) is 3. The summed E-state index contributed by atoms with van der Waals surface area (Å²) in [5.74, 6) is 1.32. The second-order valence-electron chi connectivity index (χ2n) is 5.43. The van der Waals surface area contributed by atoms with Crippen LogP contribution in [0, 0.1) is 6.92 Å². The normalized spacial score (nSPS) is 11.0. The zero-order valence-electron chi connectivity index (χ0n) is 12.9. The number of aryl methyl sites for hydroxylation is 1. The molecule has 0 saturated heterocycles. The van der Waals surface area contributed by atoms with Crippen LogP contribution in [0.25, 0.3) is 11.1 Å². The van der Waals surface area contributed by atoms with Gasteiger partial charge < -0.3 is 4.52 Å². The van der Waals surface area contributed by atoms with E-state index in [0.29, 0.717) is 12.4 Å². The molecular formula is C18H19N3O. The summed E-state index contributed by atoms with van der Waals surface area (Å²) in [5, 5.41) is 3.95. The lowest BCUT2D eigenvalue weighted by molar-refractivity contribution is 0.301. The lowest BCUT2D eigenvalue weighted by atomic mass is 9.99. The number of benzene rings is 2. The molecular weight excluding hydrogens is 274 g/mol. The Kier molecular flexibility index (Phi) is 4.30. The Hall–Kier alpha value is -2.46. The van der Waals surface area contributed by atoms with Crippen molar-refractivity contribution in [2.45, 2.75) is 20.0 Å². The maximum atomic E-state index is 5.02. The van der Waals surface area contributed by atoms with Crippen LogP contribution in [0.5, 0.6) is 0 Å². The van der Waals surface area contributed by atoms with Crippen molar-refractivity contribution < 1.29 is 4.52 Å². The summed E-state index contributed by atoms with van der Waals surface area (Å²) >= 11 is 0. The minimum absolute atomic E-state index is 0.605. The molecule has 0 amide bonds. The van der Waals surface area contributed by atoms with Gasteiger partial charge in [0.25, 0.3) is 0 Å².